The zero-order valence-corrected chi connectivity index (χ0v) is 8.67. The molecular formula is C7H13N3O3S. The molecule has 0 atom stereocenters. The smallest absolute Gasteiger partial charge is 0.266 e. The van der Waals surface area contributed by atoms with Crippen molar-refractivity contribution in [1.82, 2.24) is 9.78 Å². The van der Waals surface area contributed by atoms with Crippen molar-refractivity contribution in [2.75, 3.05) is 17.2 Å². The van der Waals surface area contributed by atoms with Crippen LogP contribution in [0, 0.1) is 0 Å². The third-order valence-corrected chi connectivity index (χ3v) is 3.59. The molecule has 14 heavy (non-hydrogen) atoms. The molecule has 7 heteroatoms. The molecule has 0 unspecified atom stereocenters. The highest BCUT2D eigenvalue weighted by Gasteiger charge is 2.08. The van der Waals surface area contributed by atoms with Crippen LogP contribution < -0.4 is 11.3 Å². The van der Waals surface area contributed by atoms with Gasteiger partial charge in [-0.15, -0.1) is 0 Å². The second kappa shape index (κ2) is 3.87. The van der Waals surface area contributed by atoms with Crippen LogP contribution in [0.1, 0.15) is 6.92 Å². The van der Waals surface area contributed by atoms with Gasteiger partial charge >= 0.3 is 0 Å². The van der Waals surface area contributed by atoms with Crippen LogP contribution in [0.5, 0.6) is 0 Å². The van der Waals surface area contributed by atoms with Gasteiger partial charge in [0.15, 0.2) is 9.84 Å². The van der Waals surface area contributed by atoms with Crippen LogP contribution in [0.15, 0.2) is 10.9 Å². The first-order valence-corrected chi connectivity index (χ1v) is 6.02. The Morgan fingerprint density at radius 3 is 2.64 bits per heavy atom. The lowest BCUT2D eigenvalue weighted by atomic mass is 10.6. The lowest BCUT2D eigenvalue weighted by molar-refractivity contribution is 0.582. The van der Waals surface area contributed by atoms with E-state index in [1.807, 2.05) is 0 Å². The van der Waals surface area contributed by atoms with Gasteiger partial charge in [-0.3, -0.25) is 14.6 Å². The molecule has 1 aromatic heterocycles. The molecule has 0 spiro atoms. The fourth-order valence-electron chi connectivity index (χ4n) is 1.00. The van der Waals surface area contributed by atoms with Gasteiger partial charge in [0.1, 0.15) is 5.82 Å². The number of nitrogens with one attached hydrogen (secondary N) is 1. The van der Waals surface area contributed by atoms with Gasteiger partial charge in [-0.05, 0) is 0 Å². The largest absolute Gasteiger partial charge is 0.384 e. The molecule has 1 aromatic rings. The molecule has 3 N–H and O–H groups in total. The summed E-state index contributed by atoms with van der Waals surface area (Å²) in [6.45, 7) is 1.77. The van der Waals surface area contributed by atoms with Crippen molar-refractivity contribution in [3.05, 3.63) is 16.4 Å². The highest BCUT2D eigenvalue weighted by atomic mass is 32.2. The van der Waals surface area contributed by atoms with Gasteiger partial charge in [-0.1, -0.05) is 6.92 Å². The molecule has 0 saturated carbocycles. The number of nitrogen functional groups attached to an aromatic ring is 1. The molecule has 0 aliphatic rings. The fraction of sp³-hybridized carbons (Fsp3) is 0.571. The second-order valence-corrected chi connectivity index (χ2v) is 5.41. The first-order chi connectivity index (χ1) is 6.44. The van der Waals surface area contributed by atoms with Crippen LogP contribution in [-0.2, 0) is 16.4 Å². The minimum atomic E-state index is -3.02. The summed E-state index contributed by atoms with van der Waals surface area (Å²) in [7, 11) is -3.02. The average Bonchev–Trinajstić information content (AvgIpc) is 2.42. The predicted octanol–water partition coefficient (Wildman–Crippen LogP) is -0.807. The summed E-state index contributed by atoms with van der Waals surface area (Å²) in [5, 5.41) is 2.41. The van der Waals surface area contributed by atoms with Crippen molar-refractivity contribution in [2.24, 2.45) is 0 Å². The van der Waals surface area contributed by atoms with Gasteiger partial charge < -0.3 is 5.73 Å². The van der Waals surface area contributed by atoms with Gasteiger partial charge in [0.25, 0.3) is 5.56 Å². The minimum Gasteiger partial charge on any atom is -0.384 e. The Hall–Kier alpha value is -1.24. The highest BCUT2D eigenvalue weighted by molar-refractivity contribution is 7.91. The van der Waals surface area contributed by atoms with E-state index in [-0.39, 0.29) is 29.4 Å². The van der Waals surface area contributed by atoms with E-state index >= 15 is 0 Å². The maximum Gasteiger partial charge on any atom is 0.266 e. The van der Waals surface area contributed by atoms with Crippen molar-refractivity contribution < 1.29 is 8.42 Å². The van der Waals surface area contributed by atoms with E-state index in [1.165, 1.54) is 10.7 Å². The van der Waals surface area contributed by atoms with Gasteiger partial charge in [-0.2, -0.15) is 0 Å². The standard InChI is InChI=1S/C7H13N3O3S/c1-2-14(12,13)4-3-10-6(8)5-7(11)9-10/h5H,2-4,8H2,1H3,(H,9,11). The fourth-order valence-corrected chi connectivity index (χ4v) is 1.75. The number of aromatic amines is 1. The molecule has 6 nitrogen and oxygen atoms in total. The highest BCUT2D eigenvalue weighted by Crippen LogP contribution is 1.98. The van der Waals surface area contributed by atoms with Crippen molar-refractivity contribution in [1.29, 1.82) is 0 Å². The van der Waals surface area contributed by atoms with Gasteiger partial charge in [0.05, 0.1) is 12.3 Å². The summed E-state index contributed by atoms with van der Waals surface area (Å²) < 4.78 is 23.6. The molecule has 0 fully saturated rings. The Labute approximate surface area is 81.6 Å². The van der Waals surface area contributed by atoms with Crippen molar-refractivity contribution in [2.45, 2.75) is 13.5 Å². The summed E-state index contributed by atoms with van der Waals surface area (Å²) in [4.78, 5) is 10.8. The molecule has 0 amide bonds. The molecule has 80 valence electrons. The van der Waals surface area contributed by atoms with E-state index in [0.717, 1.165) is 0 Å². The summed E-state index contributed by atoms with van der Waals surface area (Å²) in [6.07, 6.45) is 0. The van der Waals surface area contributed by atoms with E-state index in [2.05, 4.69) is 5.10 Å². The lowest BCUT2D eigenvalue weighted by Gasteiger charge is -2.04. The lowest BCUT2D eigenvalue weighted by Crippen LogP contribution is -2.17. The number of nitrogens with zero attached hydrogens (tertiary/aromatic N) is 1. The number of aryl methyl sites for hydroxylation is 1. The van der Waals surface area contributed by atoms with Crippen LogP contribution >= 0.6 is 0 Å². The summed E-state index contributed by atoms with van der Waals surface area (Å²) in [5.41, 5.74) is 5.13. The van der Waals surface area contributed by atoms with Crippen LogP contribution in [0.3, 0.4) is 0 Å². The van der Waals surface area contributed by atoms with E-state index in [0.29, 0.717) is 0 Å². The van der Waals surface area contributed by atoms with Gasteiger partial charge in [0, 0.05) is 11.8 Å². The number of nitrogens with two attached hydrogens (primary N) is 1. The summed E-state index contributed by atoms with van der Waals surface area (Å²) in [6, 6.07) is 1.22. The van der Waals surface area contributed by atoms with Gasteiger partial charge in [-0.25, -0.2) is 8.42 Å². The van der Waals surface area contributed by atoms with E-state index in [1.54, 1.807) is 6.92 Å². The summed E-state index contributed by atoms with van der Waals surface area (Å²) >= 11 is 0. The Bertz CT molecular complexity index is 457. The SMILES string of the molecule is CCS(=O)(=O)CCn1[nH]c(=O)cc1N. The third-order valence-electron chi connectivity index (χ3n) is 1.90. The number of anilines is 1. The van der Waals surface area contributed by atoms with Crippen molar-refractivity contribution in [3.63, 3.8) is 0 Å². The molecule has 1 heterocycles. The predicted molar refractivity (Wildman–Crippen MR) is 53.8 cm³/mol. The number of sulfone groups is 1. The van der Waals surface area contributed by atoms with Crippen molar-refractivity contribution >= 4 is 15.7 Å². The number of hydrogen-bond acceptors (Lipinski definition) is 4. The minimum absolute atomic E-state index is 0.0156. The molecule has 1 rings (SSSR count). The maximum atomic E-state index is 11.1. The Balaban J connectivity index is 2.72. The third kappa shape index (κ3) is 2.63. The first kappa shape index (κ1) is 10.8. The topological polar surface area (TPSA) is 98.0 Å². The molecule has 0 aromatic carbocycles. The molecule has 0 aliphatic carbocycles. The van der Waals surface area contributed by atoms with Crippen LogP contribution in [0.2, 0.25) is 0 Å². The zero-order valence-electron chi connectivity index (χ0n) is 7.86. The molecular weight excluding hydrogens is 206 g/mol. The number of H-pyrrole nitrogens is 1. The van der Waals surface area contributed by atoms with Crippen LogP contribution in [-0.4, -0.2) is 29.7 Å². The first-order valence-electron chi connectivity index (χ1n) is 4.20. The van der Waals surface area contributed by atoms with Crippen LogP contribution in [0.25, 0.3) is 0 Å². The molecule has 0 aliphatic heterocycles. The second-order valence-electron chi connectivity index (χ2n) is 2.93. The molecule has 0 saturated heterocycles. The number of aromatic nitrogens is 2. The monoisotopic (exact) mass is 219 g/mol. The average molecular weight is 219 g/mol. The summed E-state index contributed by atoms with van der Waals surface area (Å²) in [5.74, 6) is 0.331. The maximum absolute atomic E-state index is 11.1. The van der Waals surface area contributed by atoms with Crippen LogP contribution in [0.4, 0.5) is 5.82 Å². The Kier molecular flexibility index (Phi) is 3.00. The number of hydrogen-bond donors (Lipinski definition) is 2. The Morgan fingerprint density at radius 1 is 1.57 bits per heavy atom. The van der Waals surface area contributed by atoms with E-state index in [4.69, 9.17) is 5.73 Å². The molecule has 0 bridgehead atoms. The van der Waals surface area contributed by atoms with E-state index in [9.17, 15) is 13.2 Å². The molecule has 0 radical (unpaired) electrons. The Morgan fingerprint density at radius 2 is 2.21 bits per heavy atom. The number of rotatable bonds is 4. The quantitative estimate of drug-likeness (QED) is 0.692. The zero-order chi connectivity index (χ0) is 10.8. The van der Waals surface area contributed by atoms with Gasteiger partial charge in [0.2, 0.25) is 0 Å². The normalized spacial score (nSPS) is 11.8. The van der Waals surface area contributed by atoms with Crippen molar-refractivity contribution in [3.8, 4) is 0 Å². The van der Waals surface area contributed by atoms with E-state index < -0.39 is 9.84 Å².